The Morgan fingerprint density at radius 2 is 0.824 bits per heavy atom. The highest BCUT2D eigenvalue weighted by Crippen LogP contribution is 2.00. The summed E-state index contributed by atoms with van der Waals surface area (Å²) in [5.41, 5.74) is 11.4. The second-order valence-corrected chi connectivity index (χ2v) is 8.82. The summed E-state index contributed by atoms with van der Waals surface area (Å²) in [6.07, 6.45) is 0.615. The molecular formula is C23H51N7O4. The predicted molar refractivity (Wildman–Crippen MR) is 137 cm³/mol. The van der Waals surface area contributed by atoms with Crippen molar-refractivity contribution in [1.82, 2.24) is 24.5 Å². The summed E-state index contributed by atoms with van der Waals surface area (Å²) in [6, 6.07) is 0. The van der Waals surface area contributed by atoms with Crippen LogP contribution in [0.15, 0.2) is 0 Å². The number of likely N-dealkylation sites (N-methyl/N-ethyl adjacent to an activating group) is 3. The Kier molecular flexibility index (Phi) is 20.2. The van der Waals surface area contributed by atoms with E-state index in [9.17, 15) is 9.59 Å². The van der Waals surface area contributed by atoms with E-state index in [0.717, 1.165) is 65.4 Å². The lowest BCUT2D eigenvalue weighted by atomic mass is 10.3. The fourth-order valence-electron chi connectivity index (χ4n) is 3.40. The Balaban J connectivity index is 4.66. The van der Waals surface area contributed by atoms with Crippen LogP contribution in [0.5, 0.6) is 0 Å². The standard InChI is InChI=1S/C23H51N7O4/c1-26(12-8-24)14-19-30(20-15-27(2)13-9-25)21-17-28(3)16-18-29(10-6-22(31)33-4)11-7-23(32)34-5/h6-21,24-25H2,1-5H3. The number of carbonyl (C=O) groups is 2. The number of nitrogens with two attached hydrogens (primary N) is 2. The molecule has 202 valence electrons. The Labute approximate surface area is 207 Å². The molecule has 0 aliphatic heterocycles. The van der Waals surface area contributed by atoms with Gasteiger partial charge < -0.3 is 40.5 Å². The number of carbonyl (C=O) groups excluding carboxylic acids is 2. The average Bonchev–Trinajstić information content (AvgIpc) is 2.82. The largest absolute Gasteiger partial charge is 0.469 e. The lowest BCUT2D eigenvalue weighted by Gasteiger charge is -2.30. The minimum atomic E-state index is -0.244. The van der Waals surface area contributed by atoms with Crippen molar-refractivity contribution in [3.8, 4) is 0 Å². The maximum Gasteiger partial charge on any atom is 0.306 e. The summed E-state index contributed by atoms with van der Waals surface area (Å²) in [4.78, 5) is 34.5. The number of hydrogen-bond donors (Lipinski definition) is 2. The van der Waals surface area contributed by atoms with Crippen LogP contribution < -0.4 is 11.5 Å². The van der Waals surface area contributed by atoms with E-state index >= 15 is 0 Å². The highest BCUT2D eigenvalue weighted by Gasteiger charge is 2.14. The molecule has 0 spiro atoms. The molecule has 11 nitrogen and oxygen atoms in total. The molecule has 0 heterocycles. The third-order valence-corrected chi connectivity index (χ3v) is 5.93. The van der Waals surface area contributed by atoms with Crippen molar-refractivity contribution in [3.05, 3.63) is 0 Å². The van der Waals surface area contributed by atoms with Gasteiger partial charge >= 0.3 is 11.9 Å². The number of esters is 2. The Morgan fingerprint density at radius 3 is 1.12 bits per heavy atom. The van der Waals surface area contributed by atoms with Crippen LogP contribution in [0.2, 0.25) is 0 Å². The summed E-state index contributed by atoms with van der Waals surface area (Å²) in [5, 5.41) is 0. The van der Waals surface area contributed by atoms with Crippen LogP contribution in [0.1, 0.15) is 12.8 Å². The lowest BCUT2D eigenvalue weighted by molar-refractivity contribution is -0.141. The van der Waals surface area contributed by atoms with Crippen molar-refractivity contribution in [1.29, 1.82) is 0 Å². The quantitative estimate of drug-likeness (QED) is 0.172. The van der Waals surface area contributed by atoms with Gasteiger partial charge in [0.1, 0.15) is 0 Å². The lowest BCUT2D eigenvalue weighted by Crippen LogP contribution is -2.43. The molecule has 0 bridgehead atoms. The molecule has 0 fully saturated rings. The van der Waals surface area contributed by atoms with Gasteiger partial charge in [-0.1, -0.05) is 0 Å². The Hall–Kier alpha value is -1.34. The number of ether oxygens (including phenoxy) is 2. The zero-order valence-corrected chi connectivity index (χ0v) is 22.3. The predicted octanol–water partition coefficient (Wildman–Crippen LogP) is -1.57. The van der Waals surface area contributed by atoms with Gasteiger partial charge in [-0.25, -0.2) is 0 Å². The monoisotopic (exact) mass is 489 g/mol. The fraction of sp³-hybridized carbons (Fsp3) is 0.913. The van der Waals surface area contributed by atoms with Gasteiger partial charge in [0.15, 0.2) is 0 Å². The van der Waals surface area contributed by atoms with Crippen LogP contribution in [-0.2, 0) is 19.1 Å². The first-order valence-electron chi connectivity index (χ1n) is 12.3. The van der Waals surface area contributed by atoms with Crippen molar-refractivity contribution in [2.45, 2.75) is 12.8 Å². The SMILES string of the molecule is COC(=O)CCN(CCC(=O)OC)CCN(C)CCN(CCN(C)CCN)CCN(C)CCN. The van der Waals surface area contributed by atoms with Gasteiger partial charge in [-0.15, -0.1) is 0 Å². The van der Waals surface area contributed by atoms with E-state index in [1.165, 1.54) is 14.2 Å². The first-order chi connectivity index (χ1) is 16.2. The van der Waals surface area contributed by atoms with Gasteiger partial charge in [-0.2, -0.15) is 0 Å². The van der Waals surface area contributed by atoms with E-state index in [0.29, 0.717) is 39.0 Å². The minimum Gasteiger partial charge on any atom is -0.469 e. The van der Waals surface area contributed by atoms with Gasteiger partial charge in [0.2, 0.25) is 0 Å². The van der Waals surface area contributed by atoms with Gasteiger partial charge in [0, 0.05) is 91.6 Å². The van der Waals surface area contributed by atoms with Crippen LogP contribution in [-0.4, -0.2) is 163 Å². The molecule has 0 aliphatic rings. The summed E-state index contributed by atoms with van der Waals surface area (Å²) in [5.74, 6) is -0.488. The van der Waals surface area contributed by atoms with E-state index in [2.05, 4.69) is 45.6 Å². The molecule has 0 aromatic carbocycles. The Morgan fingerprint density at radius 1 is 0.529 bits per heavy atom. The van der Waals surface area contributed by atoms with Crippen molar-refractivity contribution in [2.75, 3.05) is 127 Å². The van der Waals surface area contributed by atoms with Crippen LogP contribution in [0.3, 0.4) is 0 Å². The number of hydrogen-bond acceptors (Lipinski definition) is 11. The summed E-state index contributed by atoms with van der Waals surface area (Å²) < 4.78 is 9.51. The van der Waals surface area contributed by atoms with Gasteiger partial charge in [-0.05, 0) is 21.1 Å². The maximum absolute atomic E-state index is 11.5. The molecule has 0 rings (SSSR count). The van der Waals surface area contributed by atoms with Gasteiger partial charge in [-0.3, -0.25) is 14.5 Å². The first-order valence-corrected chi connectivity index (χ1v) is 12.3. The van der Waals surface area contributed by atoms with E-state index in [-0.39, 0.29) is 11.9 Å². The Bertz CT molecular complexity index is 492. The number of nitrogens with zero attached hydrogens (tertiary/aromatic N) is 5. The summed E-state index contributed by atoms with van der Waals surface area (Å²) >= 11 is 0. The van der Waals surface area contributed by atoms with Crippen molar-refractivity contribution < 1.29 is 19.1 Å². The fourth-order valence-corrected chi connectivity index (χ4v) is 3.40. The molecule has 11 heteroatoms. The van der Waals surface area contributed by atoms with E-state index in [1.54, 1.807) is 0 Å². The topological polar surface area (TPSA) is 121 Å². The van der Waals surface area contributed by atoms with Crippen LogP contribution in [0.4, 0.5) is 0 Å². The molecule has 0 saturated heterocycles. The minimum absolute atomic E-state index is 0.244. The molecule has 0 saturated carbocycles. The highest BCUT2D eigenvalue weighted by atomic mass is 16.5. The highest BCUT2D eigenvalue weighted by molar-refractivity contribution is 5.70. The molecule has 0 radical (unpaired) electrons. The molecule has 4 N–H and O–H groups in total. The molecule has 0 aromatic heterocycles. The number of methoxy groups -OCH3 is 2. The van der Waals surface area contributed by atoms with Crippen LogP contribution >= 0.6 is 0 Å². The average molecular weight is 490 g/mol. The van der Waals surface area contributed by atoms with Crippen molar-refractivity contribution in [2.24, 2.45) is 11.5 Å². The van der Waals surface area contributed by atoms with E-state index < -0.39 is 0 Å². The summed E-state index contributed by atoms with van der Waals surface area (Å²) in [6.45, 7) is 11.7. The van der Waals surface area contributed by atoms with Crippen LogP contribution in [0.25, 0.3) is 0 Å². The third kappa shape index (κ3) is 18.0. The summed E-state index contributed by atoms with van der Waals surface area (Å²) in [7, 11) is 9.10. The van der Waals surface area contributed by atoms with Crippen molar-refractivity contribution in [3.63, 3.8) is 0 Å². The molecule has 0 unspecified atom stereocenters. The third-order valence-electron chi connectivity index (χ3n) is 5.93. The smallest absolute Gasteiger partial charge is 0.306 e. The second kappa shape index (κ2) is 21.0. The van der Waals surface area contributed by atoms with E-state index in [1.807, 2.05) is 0 Å². The van der Waals surface area contributed by atoms with Crippen LogP contribution in [0, 0.1) is 0 Å². The van der Waals surface area contributed by atoms with E-state index in [4.69, 9.17) is 20.9 Å². The van der Waals surface area contributed by atoms with Gasteiger partial charge in [0.05, 0.1) is 27.1 Å². The zero-order chi connectivity index (χ0) is 25.8. The first kappa shape index (κ1) is 32.7. The van der Waals surface area contributed by atoms with Gasteiger partial charge in [0.25, 0.3) is 0 Å². The molecular weight excluding hydrogens is 438 g/mol. The molecule has 0 atom stereocenters. The number of rotatable bonds is 22. The van der Waals surface area contributed by atoms with Crippen molar-refractivity contribution >= 4 is 11.9 Å². The maximum atomic E-state index is 11.5. The molecule has 34 heavy (non-hydrogen) atoms. The molecule has 0 aromatic rings. The normalized spacial score (nSPS) is 11.9. The zero-order valence-electron chi connectivity index (χ0n) is 22.3. The second-order valence-electron chi connectivity index (χ2n) is 8.82. The molecule has 0 amide bonds. The molecule has 0 aliphatic carbocycles.